The number of aryl methyl sites for hydroxylation is 2. The van der Waals surface area contributed by atoms with Crippen LogP contribution in [0.25, 0.3) is 0 Å². The molecule has 0 bridgehead atoms. The quantitative estimate of drug-likeness (QED) is 0.901. The van der Waals surface area contributed by atoms with Gasteiger partial charge in [-0.1, -0.05) is 11.6 Å². The highest BCUT2D eigenvalue weighted by Gasteiger charge is 2.17. The molecule has 0 aliphatic carbocycles. The van der Waals surface area contributed by atoms with Gasteiger partial charge in [-0.15, -0.1) is 0 Å². The first-order valence-corrected chi connectivity index (χ1v) is 7.60. The highest BCUT2D eigenvalue weighted by Crippen LogP contribution is 2.20. The summed E-state index contributed by atoms with van der Waals surface area (Å²) in [5, 5.41) is 8.81. The van der Waals surface area contributed by atoms with E-state index in [0.29, 0.717) is 0 Å². The van der Waals surface area contributed by atoms with Crippen molar-refractivity contribution in [3.8, 4) is 0 Å². The molecule has 1 fully saturated rings. The fraction of sp³-hybridized carbons (Fsp3) is 0.786. The zero-order chi connectivity index (χ0) is 13.8. The minimum Gasteiger partial charge on any atom is -0.311 e. The summed E-state index contributed by atoms with van der Waals surface area (Å²) in [6, 6.07) is 0. The highest BCUT2D eigenvalue weighted by atomic mass is 35.5. The standard InChI is InChI=1S/C14H25ClN4/c1-4-19-13(14(15)11(2)17-19)9-16-8-12-6-5-7-18(3)10-12/h12,16H,4-10H2,1-3H3. The first-order valence-electron chi connectivity index (χ1n) is 7.22. The van der Waals surface area contributed by atoms with Crippen LogP contribution in [0.2, 0.25) is 5.02 Å². The average molecular weight is 285 g/mol. The maximum absolute atomic E-state index is 6.31. The zero-order valence-corrected chi connectivity index (χ0v) is 13.0. The number of aromatic nitrogens is 2. The van der Waals surface area contributed by atoms with Crippen molar-refractivity contribution in [2.45, 2.75) is 39.8 Å². The van der Waals surface area contributed by atoms with E-state index >= 15 is 0 Å². The van der Waals surface area contributed by atoms with E-state index in [2.05, 4.69) is 29.3 Å². The lowest BCUT2D eigenvalue weighted by Crippen LogP contribution is -2.37. The third-order valence-corrected chi connectivity index (χ3v) is 4.39. The van der Waals surface area contributed by atoms with E-state index in [1.165, 1.54) is 25.9 Å². The molecule has 5 heteroatoms. The Morgan fingerprint density at radius 3 is 2.95 bits per heavy atom. The number of hydrogen-bond acceptors (Lipinski definition) is 3. The summed E-state index contributed by atoms with van der Waals surface area (Å²) in [6.45, 7) is 9.26. The molecule has 1 aliphatic rings. The van der Waals surface area contributed by atoms with Crippen LogP contribution in [0.1, 0.15) is 31.2 Å². The molecule has 1 unspecified atom stereocenters. The highest BCUT2D eigenvalue weighted by molar-refractivity contribution is 6.31. The molecule has 0 aromatic carbocycles. The van der Waals surface area contributed by atoms with E-state index < -0.39 is 0 Å². The monoisotopic (exact) mass is 284 g/mol. The molecule has 1 N–H and O–H groups in total. The molecular formula is C14H25ClN4. The second-order valence-corrected chi connectivity index (χ2v) is 5.94. The van der Waals surface area contributed by atoms with Crippen LogP contribution >= 0.6 is 11.6 Å². The van der Waals surface area contributed by atoms with Crippen LogP contribution in [-0.2, 0) is 13.1 Å². The largest absolute Gasteiger partial charge is 0.311 e. The van der Waals surface area contributed by atoms with Crippen LogP contribution in [0.15, 0.2) is 0 Å². The van der Waals surface area contributed by atoms with E-state index in [9.17, 15) is 0 Å². The van der Waals surface area contributed by atoms with Crippen molar-refractivity contribution < 1.29 is 0 Å². The molecule has 0 radical (unpaired) electrons. The van der Waals surface area contributed by atoms with Gasteiger partial charge < -0.3 is 10.2 Å². The van der Waals surface area contributed by atoms with Crippen molar-refractivity contribution in [2.75, 3.05) is 26.7 Å². The number of nitrogens with one attached hydrogen (secondary N) is 1. The predicted octanol–water partition coefficient (Wildman–Crippen LogP) is 2.30. The Balaban J connectivity index is 1.85. The number of halogens is 1. The van der Waals surface area contributed by atoms with Crippen molar-refractivity contribution in [1.82, 2.24) is 20.0 Å². The summed E-state index contributed by atoms with van der Waals surface area (Å²) < 4.78 is 2.00. The number of nitrogens with zero attached hydrogens (tertiary/aromatic N) is 3. The summed E-state index contributed by atoms with van der Waals surface area (Å²) in [5.74, 6) is 0.761. The van der Waals surface area contributed by atoms with Gasteiger partial charge in [-0.3, -0.25) is 4.68 Å². The number of likely N-dealkylation sites (tertiary alicyclic amines) is 1. The summed E-state index contributed by atoms with van der Waals surface area (Å²) in [7, 11) is 2.21. The van der Waals surface area contributed by atoms with Gasteiger partial charge in [-0.2, -0.15) is 5.10 Å². The molecule has 19 heavy (non-hydrogen) atoms. The second-order valence-electron chi connectivity index (χ2n) is 5.56. The molecular weight excluding hydrogens is 260 g/mol. The maximum Gasteiger partial charge on any atom is 0.0860 e. The fourth-order valence-electron chi connectivity index (χ4n) is 2.87. The van der Waals surface area contributed by atoms with Gasteiger partial charge in [0.15, 0.2) is 0 Å². The van der Waals surface area contributed by atoms with E-state index in [1.807, 2.05) is 11.6 Å². The third kappa shape index (κ3) is 3.71. The summed E-state index contributed by atoms with van der Waals surface area (Å²) in [6.07, 6.45) is 2.65. The number of hydrogen-bond donors (Lipinski definition) is 1. The average Bonchev–Trinajstić information content (AvgIpc) is 2.66. The van der Waals surface area contributed by atoms with Crippen molar-refractivity contribution in [1.29, 1.82) is 0 Å². The van der Waals surface area contributed by atoms with E-state index in [0.717, 1.165) is 42.0 Å². The van der Waals surface area contributed by atoms with Crippen molar-refractivity contribution in [2.24, 2.45) is 5.92 Å². The third-order valence-electron chi connectivity index (χ3n) is 3.90. The lowest BCUT2D eigenvalue weighted by molar-refractivity contribution is 0.206. The van der Waals surface area contributed by atoms with E-state index in [-0.39, 0.29) is 0 Å². The SMILES string of the molecule is CCn1nc(C)c(Cl)c1CNCC1CCCN(C)C1. The minimum absolute atomic E-state index is 0.761. The van der Waals surface area contributed by atoms with Gasteiger partial charge in [0, 0.05) is 19.6 Å². The van der Waals surface area contributed by atoms with E-state index in [4.69, 9.17) is 11.6 Å². The van der Waals surface area contributed by atoms with Gasteiger partial charge in [0.25, 0.3) is 0 Å². The minimum atomic E-state index is 0.761. The van der Waals surface area contributed by atoms with Crippen LogP contribution < -0.4 is 5.32 Å². The van der Waals surface area contributed by atoms with Gasteiger partial charge in [-0.25, -0.2) is 0 Å². The Bertz CT molecular complexity index is 416. The molecule has 0 amide bonds. The van der Waals surface area contributed by atoms with Crippen molar-refractivity contribution in [3.05, 3.63) is 16.4 Å². The first kappa shape index (κ1) is 14.8. The molecule has 1 aromatic heterocycles. The Kier molecular flexibility index (Phi) is 5.25. The first-order chi connectivity index (χ1) is 9.11. The van der Waals surface area contributed by atoms with E-state index in [1.54, 1.807) is 0 Å². The fourth-order valence-corrected chi connectivity index (χ4v) is 3.07. The number of piperidine rings is 1. The van der Waals surface area contributed by atoms with Crippen molar-refractivity contribution >= 4 is 11.6 Å². The van der Waals surface area contributed by atoms with Gasteiger partial charge in [-0.05, 0) is 52.7 Å². The molecule has 4 nitrogen and oxygen atoms in total. The van der Waals surface area contributed by atoms with Crippen LogP contribution in [0.3, 0.4) is 0 Å². The van der Waals surface area contributed by atoms with Crippen LogP contribution in [0.5, 0.6) is 0 Å². The Hall–Kier alpha value is -0.580. The van der Waals surface area contributed by atoms with Crippen LogP contribution in [0.4, 0.5) is 0 Å². The molecule has 2 rings (SSSR count). The van der Waals surface area contributed by atoms with Gasteiger partial charge in [0.1, 0.15) is 0 Å². The Labute approximate surface area is 121 Å². The molecule has 0 spiro atoms. The lowest BCUT2D eigenvalue weighted by atomic mass is 9.98. The van der Waals surface area contributed by atoms with Crippen LogP contribution in [0, 0.1) is 12.8 Å². The topological polar surface area (TPSA) is 33.1 Å². The summed E-state index contributed by atoms with van der Waals surface area (Å²) >= 11 is 6.31. The Morgan fingerprint density at radius 2 is 2.26 bits per heavy atom. The van der Waals surface area contributed by atoms with Gasteiger partial charge >= 0.3 is 0 Å². The van der Waals surface area contributed by atoms with Gasteiger partial charge in [0.2, 0.25) is 0 Å². The predicted molar refractivity (Wildman–Crippen MR) is 79.6 cm³/mol. The summed E-state index contributed by atoms with van der Waals surface area (Å²) in [5.41, 5.74) is 2.04. The number of rotatable bonds is 5. The molecule has 0 saturated carbocycles. The smallest absolute Gasteiger partial charge is 0.0860 e. The molecule has 1 atom stereocenters. The normalized spacial score (nSPS) is 20.9. The maximum atomic E-state index is 6.31. The molecule has 1 saturated heterocycles. The Morgan fingerprint density at radius 1 is 1.47 bits per heavy atom. The molecule has 108 valence electrons. The van der Waals surface area contributed by atoms with Crippen molar-refractivity contribution in [3.63, 3.8) is 0 Å². The second kappa shape index (κ2) is 6.73. The molecule has 1 aliphatic heterocycles. The molecule has 1 aromatic rings. The lowest BCUT2D eigenvalue weighted by Gasteiger charge is -2.29. The molecule has 2 heterocycles. The van der Waals surface area contributed by atoms with Gasteiger partial charge in [0.05, 0.1) is 16.4 Å². The summed E-state index contributed by atoms with van der Waals surface area (Å²) in [4.78, 5) is 2.42. The van der Waals surface area contributed by atoms with Crippen LogP contribution in [-0.4, -0.2) is 41.4 Å². The zero-order valence-electron chi connectivity index (χ0n) is 12.2.